The molecule has 1 atom stereocenters. The summed E-state index contributed by atoms with van der Waals surface area (Å²) in [6.07, 6.45) is 1.28. The van der Waals surface area contributed by atoms with Crippen LogP contribution in [-0.2, 0) is 17.6 Å². The minimum absolute atomic E-state index is 0.320. The van der Waals surface area contributed by atoms with Crippen LogP contribution in [0, 0.1) is 0 Å². The van der Waals surface area contributed by atoms with E-state index in [0.717, 1.165) is 29.7 Å². The van der Waals surface area contributed by atoms with Gasteiger partial charge in [-0.15, -0.1) is 0 Å². The highest BCUT2D eigenvalue weighted by Gasteiger charge is 2.15. The van der Waals surface area contributed by atoms with Gasteiger partial charge in [-0.25, -0.2) is 4.79 Å². The number of methoxy groups -OCH3 is 2. The number of carbonyl (C=O) groups is 1. The van der Waals surface area contributed by atoms with Crippen molar-refractivity contribution in [3.05, 3.63) is 23.3 Å². The van der Waals surface area contributed by atoms with E-state index in [-0.39, 0.29) is 12.8 Å². The molecule has 2 N–H and O–H groups in total. The Hall–Kier alpha value is -1.98. The lowest BCUT2D eigenvalue weighted by atomic mass is 10.0. The third-order valence-electron chi connectivity index (χ3n) is 3.34. The highest BCUT2D eigenvalue weighted by molar-refractivity contribution is 5.64. The lowest BCUT2D eigenvalue weighted by molar-refractivity contribution is 0.116. The molecule has 0 aromatic heterocycles. The fourth-order valence-electron chi connectivity index (χ4n) is 2.34. The van der Waals surface area contributed by atoms with Gasteiger partial charge in [0.15, 0.2) is 0 Å². The fourth-order valence-corrected chi connectivity index (χ4v) is 2.34. The van der Waals surface area contributed by atoms with Crippen LogP contribution in [0.25, 0.3) is 0 Å². The Morgan fingerprint density at radius 1 is 1.18 bits per heavy atom. The minimum atomic E-state index is -0.804. The maximum Gasteiger partial charge on any atom is 0.404 e. The molecule has 0 aliphatic carbocycles. The van der Waals surface area contributed by atoms with Gasteiger partial charge in [-0.2, -0.15) is 0 Å². The Morgan fingerprint density at radius 3 is 2.32 bits per heavy atom. The quantitative estimate of drug-likeness (QED) is 0.711. The third-order valence-corrected chi connectivity index (χ3v) is 3.34. The Labute approximate surface area is 130 Å². The Kier molecular flexibility index (Phi) is 7.49. The number of amides is 1. The number of rotatable bonds is 9. The smallest absolute Gasteiger partial charge is 0.404 e. The van der Waals surface area contributed by atoms with Gasteiger partial charge in [0.1, 0.15) is 17.6 Å². The molecule has 0 spiro atoms. The fraction of sp³-hybridized carbons (Fsp3) is 0.562. The van der Waals surface area contributed by atoms with Gasteiger partial charge < -0.3 is 19.9 Å². The molecule has 0 radical (unpaired) electrons. The summed E-state index contributed by atoms with van der Waals surface area (Å²) in [5, 5.41) is 0. The third kappa shape index (κ3) is 5.42. The highest BCUT2D eigenvalue weighted by atomic mass is 19.1. The van der Waals surface area contributed by atoms with Crippen LogP contribution in [-0.4, -0.2) is 33.1 Å². The van der Waals surface area contributed by atoms with Crippen LogP contribution < -0.4 is 15.2 Å². The van der Waals surface area contributed by atoms with Gasteiger partial charge in [0, 0.05) is 12.0 Å². The number of primary amides is 1. The van der Waals surface area contributed by atoms with Crippen molar-refractivity contribution < 1.29 is 23.4 Å². The van der Waals surface area contributed by atoms with Gasteiger partial charge in [0.05, 0.1) is 20.9 Å². The molecule has 0 saturated carbocycles. The Balaban J connectivity index is 2.95. The van der Waals surface area contributed by atoms with Crippen LogP contribution in [0.15, 0.2) is 12.1 Å². The van der Waals surface area contributed by atoms with Crippen LogP contribution in [0.2, 0.25) is 0 Å². The first-order valence-corrected chi connectivity index (χ1v) is 7.27. The summed E-state index contributed by atoms with van der Waals surface area (Å²) in [5.74, 6) is 1.41. The first-order valence-electron chi connectivity index (χ1n) is 7.27. The summed E-state index contributed by atoms with van der Waals surface area (Å²) in [7, 11) is 3.17. The van der Waals surface area contributed by atoms with Gasteiger partial charge in [0.2, 0.25) is 0 Å². The van der Waals surface area contributed by atoms with Crippen molar-refractivity contribution in [3.8, 4) is 11.5 Å². The summed E-state index contributed by atoms with van der Waals surface area (Å²) >= 11 is 0. The predicted molar refractivity (Wildman–Crippen MR) is 82.3 cm³/mol. The van der Waals surface area contributed by atoms with Crippen molar-refractivity contribution in [2.45, 2.75) is 38.7 Å². The average Bonchev–Trinajstić information content (AvgIpc) is 2.47. The van der Waals surface area contributed by atoms with Crippen LogP contribution in [0.1, 0.15) is 30.9 Å². The Bertz CT molecular complexity index is 493. The first-order chi connectivity index (χ1) is 10.5. The van der Waals surface area contributed by atoms with E-state index in [1.807, 2.05) is 12.1 Å². The molecule has 124 valence electrons. The first kappa shape index (κ1) is 18.1. The Morgan fingerprint density at radius 2 is 1.77 bits per heavy atom. The molecule has 1 aromatic carbocycles. The second-order valence-corrected chi connectivity index (χ2v) is 5.07. The summed E-state index contributed by atoms with van der Waals surface area (Å²) < 4.78 is 28.0. The van der Waals surface area contributed by atoms with E-state index in [4.69, 9.17) is 19.9 Å². The van der Waals surface area contributed by atoms with E-state index in [2.05, 4.69) is 0 Å². The molecule has 0 aliphatic rings. The zero-order valence-corrected chi connectivity index (χ0v) is 13.4. The van der Waals surface area contributed by atoms with Crippen molar-refractivity contribution in [1.82, 2.24) is 0 Å². The normalized spacial score (nSPS) is 11.8. The lowest BCUT2D eigenvalue weighted by Crippen LogP contribution is -2.22. The molecule has 22 heavy (non-hydrogen) atoms. The van der Waals surface area contributed by atoms with E-state index in [1.165, 1.54) is 0 Å². The topological polar surface area (TPSA) is 70.8 Å². The highest BCUT2D eigenvalue weighted by Crippen LogP contribution is 2.31. The van der Waals surface area contributed by atoms with Crippen molar-refractivity contribution in [2.24, 2.45) is 5.73 Å². The van der Waals surface area contributed by atoms with Crippen LogP contribution in [0.4, 0.5) is 9.18 Å². The number of carbonyl (C=O) groups excluding carboxylic acids is 1. The number of benzene rings is 1. The molecule has 1 amide bonds. The number of alkyl halides is 1. The zero-order valence-electron chi connectivity index (χ0n) is 13.4. The van der Waals surface area contributed by atoms with Crippen molar-refractivity contribution >= 4 is 6.09 Å². The van der Waals surface area contributed by atoms with Crippen LogP contribution in [0.3, 0.4) is 0 Å². The molecule has 0 aliphatic heterocycles. The summed E-state index contributed by atoms with van der Waals surface area (Å²) in [6, 6.07) is 3.76. The monoisotopic (exact) mass is 313 g/mol. The molecule has 0 bridgehead atoms. The van der Waals surface area contributed by atoms with Crippen molar-refractivity contribution in [2.75, 3.05) is 20.9 Å². The van der Waals surface area contributed by atoms with Crippen LogP contribution in [0.5, 0.6) is 11.5 Å². The minimum Gasteiger partial charge on any atom is -0.496 e. The molecule has 1 rings (SSSR count). The van der Waals surface area contributed by atoms with Gasteiger partial charge in [0.25, 0.3) is 0 Å². The van der Waals surface area contributed by atoms with Gasteiger partial charge >= 0.3 is 6.09 Å². The summed E-state index contributed by atoms with van der Waals surface area (Å²) in [4.78, 5) is 10.8. The second-order valence-electron chi connectivity index (χ2n) is 5.07. The molecule has 0 fully saturated rings. The summed E-state index contributed by atoms with van der Waals surface area (Å²) in [5.41, 5.74) is 6.85. The molecule has 1 aromatic rings. The molecular formula is C16H24FNO4. The maximum atomic E-state index is 12.2. The van der Waals surface area contributed by atoms with E-state index in [9.17, 15) is 9.18 Å². The molecule has 0 heterocycles. The van der Waals surface area contributed by atoms with E-state index in [1.54, 1.807) is 21.1 Å². The van der Waals surface area contributed by atoms with Crippen molar-refractivity contribution in [1.29, 1.82) is 0 Å². The predicted octanol–water partition coefficient (Wildman–Crippen LogP) is 3.02. The lowest BCUT2D eigenvalue weighted by Gasteiger charge is -2.17. The molecular weight excluding hydrogens is 289 g/mol. The number of halogens is 1. The maximum absolute atomic E-state index is 12.2. The van der Waals surface area contributed by atoms with Gasteiger partial charge in [-0.1, -0.05) is 0 Å². The van der Waals surface area contributed by atoms with Crippen LogP contribution >= 0.6 is 0 Å². The number of ether oxygens (including phenoxy) is 3. The van der Waals surface area contributed by atoms with E-state index < -0.39 is 6.09 Å². The van der Waals surface area contributed by atoms with E-state index >= 15 is 0 Å². The number of hydrogen-bond donors (Lipinski definition) is 1. The molecule has 5 nitrogen and oxygen atoms in total. The van der Waals surface area contributed by atoms with Crippen molar-refractivity contribution in [3.63, 3.8) is 0 Å². The molecule has 1 unspecified atom stereocenters. The number of aryl methyl sites for hydroxylation is 1. The summed E-state index contributed by atoms with van der Waals surface area (Å²) in [6.45, 7) is 1.44. The molecule has 6 heteroatoms. The van der Waals surface area contributed by atoms with E-state index in [0.29, 0.717) is 18.6 Å². The largest absolute Gasteiger partial charge is 0.496 e. The van der Waals surface area contributed by atoms with Gasteiger partial charge in [-0.05, 0) is 43.9 Å². The average molecular weight is 313 g/mol. The second kappa shape index (κ2) is 9.12. The standard InChI is InChI=1S/C16H24FNO4/c1-11(22-16(18)19)8-13-10-14(20-2)12(6-4-5-7-17)9-15(13)21-3/h9-11H,4-8H2,1-3H3,(H2,18,19). The number of nitrogens with two attached hydrogens (primary N) is 1. The number of unbranched alkanes of at least 4 members (excludes halogenated alkanes) is 1. The SMILES string of the molecule is COc1cc(CC(C)OC(N)=O)c(OC)cc1CCCCF. The number of hydrogen-bond acceptors (Lipinski definition) is 4. The molecule has 0 saturated heterocycles. The van der Waals surface area contributed by atoms with Gasteiger partial charge in [-0.3, -0.25) is 4.39 Å². The zero-order chi connectivity index (χ0) is 16.5.